The number of rotatable bonds is 7. The standard InChI is InChI=1S/C35H35F7N6O2/c1-20-12-21(2)31(22(3)13-20)50-33(49)48(19-24-14-25(34(37,38)39)16-26(15-24)35(40,41)42)30-8-9-43-32(45-30)44-27-6-7-29(28(36)17-27)47-11-10-46(5)23(4)18-47/h6-9,12-17,23H,10-11,18-19H2,1-5H3,(H,43,44,45). The van der Waals surface area contributed by atoms with Gasteiger partial charge in [0.2, 0.25) is 5.95 Å². The zero-order valence-corrected chi connectivity index (χ0v) is 27.9. The number of nitrogens with one attached hydrogen (secondary N) is 1. The smallest absolute Gasteiger partial charge is 0.409 e. The van der Waals surface area contributed by atoms with Gasteiger partial charge in [-0.1, -0.05) is 17.7 Å². The van der Waals surface area contributed by atoms with Crippen LogP contribution < -0.4 is 19.9 Å². The number of anilines is 4. The minimum Gasteiger partial charge on any atom is -0.409 e. The van der Waals surface area contributed by atoms with E-state index in [0.717, 1.165) is 17.0 Å². The first-order chi connectivity index (χ1) is 23.4. The van der Waals surface area contributed by atoms with Gasteiger partial charge in [-0.15, -0.1) is 0 Å². The van der Waals surface area contributed by atoms with Gasteiger partial charge in [0.05, 0.1) is 23.4 Å². The average Bonchev–Trinajstić information content (AvgIpc) is 3.02. The molecule has 50 heavy (non-hydrogen) atoms. The van der Waals surface area contributed by atoms with Crippen LogP contribution >= 0.6 is 0 Å². The van der Waals surface area contributed by atoms with Crippen molar-refractivity contribution in [2.75, 3.05) is 41.8 Å². The van der Waals surface area contributed by atoms with E-state index in [1.54, 1.807) is 38.1 Å². The Kier molecular flexibility index (Phi) is 10.3. The number of aryl methyl sites for hydroxylation is 3. The van der Waals surface area contributed by atoms with Crippen molar-refractivity contribution in [3.8, 4) is 5.75 Å². The average molecular weight is 705 g/mol. The Hall–Kier alpha value is -4.92. The van der Waals surface area contributed by atoms with Crippen molar-refractivity contribution in [2.45, 2.75) is 52.6 Å². The lowest BCUT2D eigenvalue weighted by molar-refractivity contribution is -0.143. The number of alkyl halides is 6. The van der Waals surface area contributed by atoms with Crippen molar-refractivity contribution in [3.63, 3.8) is 0 Å². The molecule has 1 atom stereocenters. The number of likely N-dealkylation sites (N-methyl/N-ethyl adjacent to an activating group) is 1. The quantitative estimate of drug-likeness (QED) is 0.193. The van der Waals surface area contributed by atoms with Gasteiger partial charge in [0, 0.05) is 37.6 Å². The van der Waals surface area contributed by atoms with Crippen molar-refractivity contribution in [1.82, 2.24) is 14.9 Å². The lowest BCUT2D eigenvalue weighted by Crippen LogP contribution is -2.50. The highest BCUT2D eigenvalue weighted by molar-refractivity contribution is 5.88. The molecule has 1 unspecified atom stereocenters. The Labute approximate surface area is 284 Å². The minimum absolute atomic E-state index is 0.00656. The molecular formula is C35H35F7N6O2. The zero-order chi connectivity index (χ0) is 36.5. The van der Waals surface area contributed by atoms with E-state index in [0.29, 0.717) is 42.0 Å². The van der Waals surface area contributed by atoms with Gasteiger partial charge in [-0.25, -0.2) is 14.2 Å². The number of hydrogen-bond donors (Lipinski definition) is 1. The fourth-order valence-electron chi connectivity index (χ4n) is 5.80. The molecule has 1 aliphatic rings. The Bertz CT molecular complexity index is 1830. The summed E-state index contributed by atoms with van der Waals surface area (Å²) in [5.41, 5.74) is -0.838. The first-order valence-electron chi connectivity index (χ1n) is 15.6. The molecular weight excluding hydrogens is 669 g/mol. The zero-order valence-electron chi connectivity index (χ0n) is 27.9. The van der Waals surface area contributed by atoms with Crippen molar-refractivity contribution in [3.05, 3.63) is 100.0 Å². The molecule has 0 radical (unpaired) electrons. The molecule has 4 aromatic rings. The van der Waals surface area contributed by atoms with Crippen LogP contribution in [0.5, 0.6) is 5.75 Å². The van der Waals surface area contributed by atoms with E-state index in [1.165, 1.54) is 18.3 Å². The highest BCUT2D eigenvalue weighted by Crippen LogP contribution is 2.37. The molecule has 0 saturated carbocycles. The van der Waals surface area contributed by atoms with Crippen molar-refractivity contribution in [1.29, 1.82) is 0 Å². The van der Waals surface area contributed by atoms with Crippen LogP contribution in [0.25, 0.3) is 0 Å². The first-order valence-corrected chi connectivity index (χ1v) is 15.6. The van der Waals surface area contributed by atoms with E-state index in [1.807, 2.05) is 18.9 Å². The molecule has 15 heteroatoms. The van der Waals surface area contributed by atoms with Crippen LogP contribution in [0.1, 0.15) is 40.3 Å². The number of amides is 1. The normalized spacial score (nSPS) is 15.6. The van der Waals surface area contributed by atoms with Crippen LogP contribution in [0, 0.1) is 26.6 Å². The maximum absolute atomic E-state index is 15.3. The van der Waals surface area contributed by atoms with Gasteiger partial charge in [-0.2, -0.15) is 31.3 Å². The number of carbonyl (C=O) groups is 1. The summed E-state index contributed by atoms with van der Waals surface area (Å²) in [6.45, 7) is 8.53. The van der Waals surface area contributed by atoms with E-state index in [2.05, 4.69) is 27.1 Å². The highest BCUT2D eigenvalue weighted by Gasteiger charge is 2.37. The minimum atomic E-state index is -5.10. The third-order valence-electron chi connectivity index (χ3n) is 8.42. The van der Waals surface area contributed by atoms with Crippen LogP contribution in [0.4, 0.5) is 58.7 Å². The molecule has 2 heterocycles. The molecule has 3 aromatic carbocycles. The summed E-state index contributed by atoms with van der Waals surface area (Å²) in [4.78, 5) is 27.1. The first kappa shape index (κ1) is 36.4. The van der Waals surface area contributed by atoms with Gasteiger partial charge >= 0.3 is 18.4 Å². The van der Waals surface area contributed by atoms with Gasteiger partial charge in [0.1, 0.15) is 17.4 Å². The maximum atomic E-state index is 15.3. The Morgan fingerprint density at radius 2 is 1.58 bits per heavy atom. The Morgan fingerprint density at radius 3 is 2.16 bits per heavy atom. The monoisotopic (exact) mass is 704 g/mol. The number of carbonyl (C=O) groups excluding carboxylic acids is 1. The number of nitrogens with zero attached hydrogens (tertiary/aromatic N) is 5. The summed E-state index contributed by atoms with van der Waals surface area (Å²) in [6, 6.07) is 10.5. The Morgan fingerprint density at radius 1 is 0.940 bits per heavy atom. The van der Waals surface area contributed by atoms with Crippen LogP contribution in [0.15, 0.2) is 60.8 Å². The molecule has 266 valence electrons. The number of piperazine rings is 1. The largest absolute Gasteiger partial charge is 0.421 e. The molecule has 0 spiro atoms. The summed E-state index contributed by atoms with van der Waals surface area (Å²) >= 11 is 0. The van der Waals surface area contributed by atoms with E-state index in [-0.39, 0.29) is 35.3 Å². The Balaban J connectivity index is 1.49. The molecule has 1 aliphatic heterocycles. The van der Waals surface area contributed by atoms with Gasteiger partial charge in [-0.05, 0) is 93.9 Å². The fraction of sp³-hybridized carbons (Fsp3) is 0.343. The summed E-state index contributed by atoms with van der Waals surface area (Å²) in [5, 5.41) is 2.86. The van der Waals surface area contributed by atoms with Gasteiger partial charge in [-0.3, -0.25) is 4.90 Å². The topological polar surface area (TPSA) is 73.8 Å². The number of aromatic nitrogens is 2. The lowest BCUT2D eigenvalue weighted by Gasteiger charge is -2.39. The molecule has 1 fully saturated rings. The van der Waals surface area contributed by atoms with E-state index in [4.69, 9.17) is 4.74 Å². The summed E-state index contributed by atoms with van der Waals surface area (Å²) < 4.78 is 103. The van der Waals surface area contributed by atoms with Crippen molar-refractivity contribution < 1.29 is 40.3 Å². The van der Waals surface area contributed by atoms with Crippen LogP contribution in [-0.4, -0.2) is 53.7 Å². The molecule has 0 bridgehead atoms. The number of halogens is 7. The molecule has 1 N–H and O–H groups in total. The third-order valence-corrected chi connectivity index (χ3v) is 8.42. The number of benzene rings is 3. The van der Waals surface area contributed by atoms with Crippen LogP contribution in [-0.2, 0) is 18.9 Å². The molecule has 0 aliphatic carbocycles. The predicted molar refractivity (Wildman–Crippen MR) is 175 cm³/mol. The van der Waals surface area contributed by atoms with E-state index < -0.39 is 47.5 Å². The second kappa shape index (κ2) is 14.1. The molecule has 5 rings (SSSR count). The highest BCUT2D eigenvalue weighted by atomic mass is 19.4. The van der Waals surface area contributed by atoms with E-state index >= 15 is 4.39 Å². The summed E-state index contributed by atoms with van der Waals surface area (Å²) in [5.74, 6) is -0.655. The van der Waals surface area contributed by atoms with Gasteiger partial charge < -0.3 is 19.9 Å². The molecule has 1 aromatic heterocycles. The van der Waals surface area contributed by atoms with Crippen LogP contribution in [0.2, 0.25) is 0 Å². The van der Waals surface area contributed by atoms with Crippen LogP contribution in [0.3, 0.4) is 0 Å². The van der Waals surface area contributed by atoms with Crippen molar-refractivity contribution in [2.24, 2.45) is 0 Å². The van der Waals surface area contributed by atoms with Gasteiger partial charge in [0.25, 0.3) is 0 Å². The van der Waals surface area contributed by atoms with E-state index in [9.17, 15) is 31.1 Å². The second-order valence-corrected chi connectivity index (χ2v) is 12.4. The fourth-order valence-corrected chi connectivity index (χ4v) is 5.80. The van der Waals surface area contributed by atoms with Gasteiger partial charge in [0.15, 0.2) is 0 Å². The number of ether oxygens (including phenoxy) is 1. The summed E-state index contributed by atoms with van der Waals surface area (Å²) in [6.07, 6.45) is -10.1. The molecule has 1 amide bonds. The third kappa shape index (κ3) is 8.44. The number of hydrogen-bond acceptors (Lipinski definition) is 7. The second-order valence-electron chi connectivity index (χ2n) is 12.4. The molecule has 1 saturated heterocycles. The summed E-state index contributed by atoms with van der Waals surface area (Å²) in [7, 11) is 2.00. The molecule has 8 nitrogen and oxygen atoms in total. The maximum Gasteiger partial charge on any atom is 0.421 e. The lowest BCUT2D eigenvalue weighted by atomic mass is 10.0. The predicted octanol–water partition coefficient (Wildman–Crippen LogP) is 8.67. The SMILES string of the molecule is Cc1cc(C)c(OC(=O)N(Cc2cc(C(F)(F)F)cc(C(F)(F)F)c2)c2ccnc(Nc3ccc(N4CCN(C)C(C)C4)c(F)c3)n2)c(C)c1. The van der Waals surface area contributed by atoms with Crippen molar-refractivity contribution >= 4 is 29.2 Å².